The summed E-state index contributed by atoms with van der Waals surface area (Å²) in [6.07, 6.45) is 4.90. The summed E-state index contributed by atoms with van der Waals surface area (Å²) in [5.41, 5.74) is 0.976. The summed E-state index contributed by atoms with van der Waals surface area (Å²) >= 11 is 0. The Bertz CT molecular complexity index is 525. The van der Waals surface area contributed by atoms with Gasteiger partial charge in [0.15, 0.2) is 17.5 Å². The Morgan fingerprint density at radius 3 is 2.24 bits per heavy atom. The fourth-order valence-electron chi connectivity index (χ4n) is 2.46. The second-order valence-corrected chi connectivity index (χ2v) is 5.41. The zero-order valence-electron chi connectivity index (χ0n) is 16.0. The maximum atomic E-state index is 5.50. The van der Waals surface area contributed by atoms with Crippen LogP contribution in [0.5, 0.6) is 17.2 Å². The van der Waals surface area contributed by atoms with Gasteiger partial charge in [-0.25, -0.2) is 0 Å². The summed E-state index contributed by atoms with van der Waals surface area (Å²) in [5, 5.41) is 6.63. The van der Waals surface area contributed by atoms with E-state index in [4.69, 9.17) is 14.2 Å². The molecule has 1 aromatic rings. The van der Waals surface area contributed by atoms with Gasteiger partial charge in [0, 0.05) is 25.7 Å². The lowest BCUT2D eigenvalue weighted by molar-refractivity contribution is 0.322. The van der Waals surface area contributed by atoms with Crippen molar-refractivity contribution in [2.75, 3.05) is 34.9 Å². The zero-order valence-corrected chi connectivity index (χ0v) is 18.3. The molecule has 6 nitrogen and oxygen atoms in total. The average Bonchev–Trinajstić information content (AvgIpc) is 2.62. The molecule has 0 spiro atoms. The molecule has 0 aliphatic heterocycles. The number of nitrogens with zero attached hydrogens (tertiary/aromatic N) is 1. The van der Waals surface area contributed by atoms with E-state index in [-0.39, 0.29) is 24.0 Å². The summed E-state index contributed by atoms with van der Waals surface area (Å²) in [4.78, 5) is 4.25. The number of benzene rings is 1. The van der Waals surface area contributed by atoms with E-state index in [9.17, 15) is 0 Å². The highest BCUT2D eigenvalue weighted by Crippen LogP contribution is 2.39. The van der Waals surface area contributed by atoms with Crippen LogP contribution in [0.2, 0.25) is 0 Å². The minimum atomic E-state index is 0. The molecule has 0 saturated heterocycles. The van der Waals surface area contributed by atoms with Crippen LogP contribution in [0.15, 0.2) is 17.1 Å². The Kier molecular flexibility index (Phi) is 13.1. The molecule has 0 fully saturated rings. The lowest BCUT2D eigenvalue weighted by atomic mass is 10.1. The topological polar surface area (TPSA) is 64.1 Å². The van der Waals surface area contributed by atoms with Crippen LogP contribution >= 0.6 is 24.0 Å². The van der Waals surface area contributed by atoms with Crippen LogP contribution in [-0.2, 0) is 6.54 Å². The molecule has 25 heavy (non-hydrogen) atoms. The normalized spacial score (nSPS) is 10.7. The van der Waals surface area contributed by atoms with Crippen molar-refractivity contribution in [3.05, 3.63) is 17.7 Å². The van der Waals surface area contributed by atoms with Crippen LogP contribution in [0.1, 0.15) is 38.2 Å². The fraction of sp³-hybridized carbons (Fsp3) is 0.611. The standard InChI is InChI=1S/C18H31N3O3.HI/c1-6-7-8-9-12-20-18(19-2)21-13-14-10-11-15(22-3)17(24-5)16(14)23-4;/h10-11H,6-9,12-13H2,1-5H3,(H2,19,20,21);1H. The van der Waals surface area contributed by atoms with Gasteiger partial charge in [-0.05, 0) is 18.6 Å². The van der Waals surface area contributed by atoms with Gasteiger partial charge in [0.2, 0.25) is 5.75 Å². The van der Waals surface area contributed by atoms with E-state index in [0.717, 1.165) is 24.5 Å². The molecule has 0 aliphatic rings. The lowest BCUT2D eigenvalue weighted by Crippen LogP contribution is -2.37. The first-order chi connectivity index (χ1) is 11.7. The predicted molar refractivity (Wildman–Crippen MR) is 114 cm³/mol. The maximum absolute atomic E-state index is 5.50. The SMILES string of the molecule is CCCCCCNC(=NC)NCc1ccc(OC)c(OC)c1OC.I. The molecule has 0 amide bonds. The van der Waals surface area contributed by atoms with Crippen LogP contribution in [0.25, 0.3) is 0 Å². The van der Waals surface area contributed by atoms with Gasteiger partial charge in [-0.1, -0.05) is 26.2 Å². The van der Waals surface area contributed by atoms with Crippen molar-refractivity contribution >= 4 is 29.9 Å². The second kappa shape index (κ2) is 13.9. The summed E-state index contributed by atoms with van der Waals surface area (Å²) in [6, 6.07) is 3.83. The zero-order chi connectivity index (χ0) is 17.8. The second-order valence-electron chi connectivity index (χ2n) is 5.41. The van der Waals surface area contributed by atoms with Crippen molar-refractivity contribution < 1.29 is 14.2 Å². The van der Waals surface area contributed by atoms with E-state index >= 15 is 0 Å². The number of aliphatic imine (C=N–C) groups is 1. The Hall–Kier alpha value is -1.38. The summed E-state index contributed by atoms with van der Waals surface area (Å²) in [6.45, 7) is 3.71. The van der Waals surface area contributed by atoms with Crippen molar-refractivity contribution in [2.45, 2.75) is 39.2 Å². The number of ether oxygens (including phenoxy) is 3. The summed E-state index contributed by atoms with van der Waals surface area (Å²) in [5.74, 6) is 2.70. The number of guanidine groups is 1. The van der Waals surface area contributed by atoms with E-state index in [0.29, 0.717) is 23.8 Å². The number of nitrogens with one attached hydrogen (secondary N) is 2. The average molecular weight is 465 g/mol. The maximum Gasteiger partial charge on any atom is 0.203 e. The molecule has 0 atom stereocenters. The quantitative estimate of drug-likeness (QED) is 0.240. The Morgan fingerprint density at radius 1 is 0.960 bits per heavy atom. The van der Waals surface area contributed by atoms with Crippen LogP contribution in [0.4, 0.5) is 0 Å². The molecule has 0 aromatic heterocycles. The Labute approximate surface area is 168 Å². The largest absolute Gasteiger partial charge is 0.493 e. The van der Waals surface area contributed by atoms with Crippen LogP contribution in [0, 0.1) is 0 Å². The third-order valence-corrected chi connectivity index (χ3v) is 3.78. The minimum Gasteiger partial charge on any atom is -0.493 e. The minimum absolute atomic E-state index is 0. The number of hydrogen-bond donors (Lipinski definition) is 2. The van der Waals surface area contributed by atoms with E-state index in [1.54, 1.807) is 28.4 Å². The molecule has 2 N–H and O–H groups in total. The number of unbranched alkanes of at least 4 members (excludes halogenated alkanes) is 3. The van der Waals surface area contributed by atoms with E-state index in [2.05, 4.69) is 22.5 Å². The first kappa shape index (κ1) is 23.6. The molecule has 0 aliphatic carbocycles. The van der Waals surface area contributed by atoms with Gasteiger partial charge in [0.05, 0.1) is 21.3 Å². The van der Waals surface area contributed by atoms with Crippen molar-refractivity contribution in [2.24, 2.45) is 4.99 Å². The number of hydrogen-bond acceptors (Lipinski definition) is 4. The van der Waals surface area contributed by atoms with Crippen molar-refractivity contribution in [3.63, 3.8) is 0 Å². The first-order valence-electron chi connectivity index (χ1n) is 8.44. The highest BCUT2D eigenvalue weighted by molar-refractivity contribution is 14.0. The van der Waals surface area contributed by atoms with Crippen molar-refractivity contribution in [1.82, 2.24) is 10.6 Å². The van der Waals surface area contributed by atoms with E-state index in [1.807, 2.05) is 12.1 Å². The number of methoxy groups -OCH3 is 3. The molecule has 0 heterocycles. The van der Waals surface area contributed by atoms with Crippen LogP contribution in [-0.4, -0.2) is 40.9 Å². The van der Waals surface area contributed by atoms with Gasteiger partial charge in [-0.3, -0.25) is 4.99 Å². The molecule has 7 heteroatoms. The molecule has 144 valence electrons. The molecular formula is C18H32IN3O3. The Balaban J connectivity index is 0.00000576. The third kappa shape index (κ3) is 7.58. The third-order valence-electron chi connectivity index (χ3n) is 3.78. The van der Waals surface area contributed by atoms with Crippen molar-refractivity contribution in [1.29, 1.82) is 0 Å². The smallest absolute Gasteiger partial charge is 0.203 e. The van der Waals surface area contributed by atoms with Crippen LogP contribution < -0.4 is 24.8 Å². The molecule has 0 unspecified atom stereocenters. The van der Waals surface area contributed by atoms with Gasteiger partial charge in [0.1, 0.15) is 0 Å². The summed E-state index contributed by atoms with van der Waals surface area (Å²) in [7, 11) is 6.61. The lowest BCUT2D eigenvalue weighted by Gasteiger charge is -2.17. The van der Waals surface area contributed by atoms with Crippen molar-refractivity contribution in [3.8, 4) is 17.2 Å². The van der Waals surface area contributed by atoms with Gasteiger partial charge in [0.25, 0.3) is 0 Å². The molecule has 1 rings (SSSR count). The molecule has 0 saturated carbocycles. The molecule has 0 bridgehead atoms. The van der Waals surface area contributed by atoms with E-state index < -0.39 is 0 Å². The van der Waals surface area contributed by atoms with Gasteiger partial charge in [-0.2, -0.15) is 0 Å². The predicted octanol–water partition coefficient (Wildman–Crippen LogP) is 3.58. The first-order valence-corrected chi connectivity index (χ1v) is 8.44. The molecule has 0 radical (unpaired) electrons. The molecule has 1 aromatic carbocycles. The number of rotatable bonds is 10. The molecular weight excluding hydrogens is 433 g/mol. The highest BCUT2D eigenvalue weighted by atomic mass is 127. The number of halogens is 1. The van der Waals surface area contributed by atoms with E-state index in [1.165, 1.54) is 19.3 Å². The highest BCUT2D eigenvalue weighted by Gasteiger charge is 2.15. The summed E-state index contributed by atoms with van der Waals surface area (Å²) < 4.78 is 16.2. The fourth-order valence-corrected chi connectivity index (χ4v) is 2.46. The Morgan fingerprint density at radius 2 is 1.68 bits per heavy atom. The van der Waals surface area contributed by atoms with Gasteiger partial charge >= 0.3 is 0 Å². The van der Waals surface area contributed by atoms with Gasteiger partial charge < -0.3 is 24.8 Å². The van der Waals surface area contributed by atoms with Crippen LogP contribution in [0.3, 0.4) is 0 Å². The monoisotopic (exact) mass is 465 g/mol. The van der Waals surface area contributed by atoms with Gasteiger partial charge in [-0.15, -0.1) is 24.0 Å².